The standard InChI is InChI=1S/C23H29N3O2/c1-4-26(5-2)14-7-15-28-19-12-10-18(11-13-19)24-16-20-22-17(3)8-6-9-21(22)25-23(20)27/h6,8-13,16,20H,4-5,7,14-15H2,1-3H3,(H,25,27). The fourth-order valence-corrected chi connectivity index (χ4v) is 3.49. The zero-order chi connectivity index (χ0) is 19.9. The molecule has 2 aromatic rings. The Morgan fingerprint density at radius 3 is 2.61 bits per heavy atom. The van der Waals surface area contributed by atoms with Gasteiger partial charge in [-0.15, -0.1) is 0 Å². The van der Waals surface area contributed by atoms with Gasteiger partial charge in [0.15, 0.2) is 0 Å². The minimum absolute atomic E-state index is 0.0267. The maximum atomic E-state index is 12.3. The molecule has 0 saturated carbocycles. The van der Waals surface area contributed by atoms with Gasteiger partial charge < -0.3 is 15.0 Å². The van der Waals surface area contributed by atoms with Crippen LogP contribution in [0.5, 0.6) is 5.75 Å². The fraction of sp³-hybridized carbons (Fsp3) is 0.391. The van der Waals surface area contributed by atoms with E-state index in [4.69, 9.17) is 4.74 Å². The number of fused-ring (bicyclic) bond motifs is 1. The number of hydrogen-bond acceptors (Lipinski definition) is 4. The van der Waals surface area contributed by atoms with Crippen LogP contribution in [0.2, 0.25) is 0 Å². The largest absolute Gasteiger partial charge is 0.494 e. The highest BCUT2D eigenvalue weighted by Crippen LogP contribution is 2.34. The number of aliphatic imine (C=N–C) groups is 1. The molecule has 1 unspecified atom stereocenters. The molecule has 0 saturated heterocycles. The zero-order valence-corrected chi connectivity index (χ0v) is 16.9. The molecule has 0 bridgehead atoms. The van der Waals surface area contributed by atoms with Crippen molar-refractivity contribution in [2.75, 3.05) is 31.6 Å². The van der Waals surface area contributed by atoms with Crippen LogP contribution in [0.25, 0.3) is 0 Å². The normalized spacial score (nSPS) is 15.9. The summed E-state index contributed by atoms with van der Waals surface area (Å²) in [6, 6.07) is 13.6. The number of ether oxygens (including phenoxy) is 1. The molecule has 1 amide bonds. The number of anilines is 1. The number of hydrogen-bond donors (Lipinski definition) is 1. The fourth-order valence-electron chi connectivity index (χ4n) is 3.49. The molecule has 1 aliphatic rings. The van der Waals surface area contributed by atoms with Crippen molar-refractivity contribution >= 4 is 23.5 Å². The summed E-state index contributed by atoms with van der Waals surface area (Å²) in [4.78, 5) is 19.2. The molecule has 1 N–H and O–H groups in total. The molecule has 0 aromatic heterocycles. The van der Waals surface area contributed by atoms with Crippen LogP contribution >= 0.6 is 0 Å². The van der Waals surface area contributed by atoms with E-state index in [2.05, 4.69) is 29.1 Å². The zero-order valence-electron chi connectivity index (χ0n) is 16.9. The van der Waals surface area contributed by atoms with Crippen molar-refractivity contribution in [2.45, 2.75) is 33.1 Å². The molecule has 1 heterocycles. The van der Waals surface area contributed by atoms with Crippen LogP contribution < -0.4 is 10.1 Å². The van der Waals surface area contributed by atoms with Gasteiger partial charge in [0, 0.05) is 18.4 Å². The van der Waals surface area contributed by atoms with Crippen molar-refractivity contribution in [3.05, 3.63) is 53.6 Å². The van der Waals surface area contributed by atoms with Crippen molar-refractivity contribution < 1.29 is 9.53 Å². The van der Waals surface area contributed by atoms with Gasteiger partial charge in [-0.25, -0.2) is 0 Å². The number of nitrogens with one attached hydrogen (secondary N) is 1. The molecule has 1 atom stereocenters. The lowest BCUT2D eigenvalue weighted by Crippen LogP contribution is -2.25. The Morgan fingerprint density at radius 2 is 1.89 bits per heavy atom. The molecule has 0 radical (unpaired) electrons. The van der Waals surface area contributed by atoms with E-state index in [1.165, 1.54) is 0 Å². The maximum Gasteiger partial charge on any atom is 0.237 e. The number of aryl methyl sites for hydroxylation is 1. The van der Waals surface area contributed by atoms with E-state index in [9.17, 15) is 4.79 Å². The summed E-state index contributed by atoms with van der Waals surface area (Å²) in [5, 5.41) is 2.92. The van der Waals surface area contributed by atoms with Gasteiger partial charge in [-0.05, 0) is 67.9 Å². The van der Waals surface area contributed by atoms with Gasteiger partial charge in [-0.2, -0.15) is 0 Å². The van der Waals surface area contributed by atoms with E-state index in [-0.39, 0.29) is 11.8 Å². The van der Waals surface area contributed by atoms with Gasteiger partial charge >= 0.3 is 0 Å². The molecular formula is C23H29N3O2. The van der Waals surface area contributed by atoms with Crippen molar-refractivity contribution in [1.82, 2.24) is 4.90 Å². The minimum Gasteiger partial charge on any atom is -0.494 e. The van der Waals surface area contributed by atoms with E-state index in [1.807, 2.05) is 49.4 Å². The first-order valence-electron chi connectivity index (χ1n) is 10.0. The molecule has 5 nitrogen and oxygen atoms in total. The minimum atomic E-state index is -0.341. The first-order chi connectivity index (χ1) is 13.6. The monoisotopic (exact) mass is 379 g/mol. The van der Waals surface area contributed by atoms with Crippen molar-refractivity contribution in [1.29, 1.82) is 0 Å². The van der Waals surface area contributed by atoms with Gasteiger partial charge in [0.1, 0.15) is 11.7 Å². The summed E-state index contributed by atoms with van der Waals surface area (Å²) in [5.74, 6) is 0.478. The SMILES string of the molecule is CCN(CC)CCCOc1ccc(N=CC2C(=O)Nc3cccc(C)c32)cc1. The van der Waals surface area contributed by atoms with Gasteiger partial charge in [-0.1, -0.05) is 26.0 Å². The number of benzene rings is 2. The Balaban J connectivity index is 1.56. The van der Waals surface area contributed by atoms with Crippen molar-refractivity contribution in [2.24, 2.45) is 4.99 Å². The highest BCUT2D eigenvalue weighted by Gasteiger charge is 2.30. The highest BCUT2D eigenvalue weighted by molar-refractivity contribution is 6.13. The van der Waals surface area contributed by atoms with Crippen LogP contribution in [-0.2, 0) is 4.79 Å². The molecule has 0 fully saturated rings. The Kier molecular flexibility index (Phi) is 6.82. The number of amides is 1. The lowest BCUT2D eigenvalue weighted by atomic mass is 9.97. The number of rotatable bonds is 9. The lowest BCUT2D eigenvalue weighted by Gasteiger charge is -2.17. The van der Waals surface area contributed by atoms with Crippen LogP contribution in [-0.4, -0.2) is 43.3 Å². The Labute approximate surface area is 167 Å². The molecule has 2 aromatic carbocycles. The summed E-state index contributed by atoms with van der Waals surface area (Å²) < 4.78 is 5.81. The van der Waals surface area contributed by atoms with Crippen LogP contribution in [0, 0.1) is 6.92 Å². The summed E-state index contributed by atoms with van der Waals surface area (Å²) in [5.41, 5.74) is 3.81. The van der Waals surface area contributed by atoms with Crippen molar-refractivity contribution in [3.8, 4) is 5.75 Å². The molecule has 3 rings (SSSR count). The van der Waals surface area contributed by atoms with Crippen LogP contribution in [0.15, 0.2) is 47.5 Å². The summed E-state index contributed by atoms with van der Waals surface area (Å²) in [7, 11) is 0. The lowest BCUT2D eigenvalue weighted by molar-refractivity contribution is -0.115. The quantitative estimate of drug-likeness (QED) is 0.514. The molecule has 148 valence electrons. The van der Waals surface area contributed by atoms with Crippen LogP contribution in [0.1, 0.15) is 37.3 Å². The molecular weight excluding hydrogens is 350 g/mol. The average molecular weight is 380 g/mol. The number of carbonyl (C=O) groups is 1. The number of nitrogens with zero attached hydrogens (tertiary/aromatic N) is 2. The third kappa shape index (κ3) is 4.78. The second kappa shape index (κ2) is 9.51. The second-order valence-corrected chi connectivity index (χ2v) is 7.00. The molecule has 28 heavy (non-hydrogen) atoms. The maximum absolute atomic E-state index is 12.3. The summed E-state index contributed by atoms with van der Waals surface area (Å²) >= 11 is 0. The topological polar surface area (TPSA) is 53.9 Å². The Morgan fingerprint density at radius 1 is 1.14 bits per heavy atom. The smallest absolute Gasteiger partial charge is 0.237 e. The summed E-state index contributed by atoms with van der Waals surface area (Å²) in [6.45, 7) is 10.3. The van der Waals surface area contributed by atoms with E-state index in [0.29, 0.717) is 6.61 Å². The van der Waals surface area contributed by atoms with Gasteiger partial charge in [0.05, 0.1) is 12.3 Å². The van der Waals surface area contributed by atoms with E-state index in [0.717, 1.165) is 54.3 Å². The van der Waals surface area contributed by atoms with E-state index >= 15 is 0 Å². The molecule has 5 heteroatoms. The van der Waals surface area contributed by atoms with E-state index < -0.39 is 0 Å². The third-order valence-corrected chi connectivity index (χ3v) is 5.17. The van der Waals surface area contributed by atoms with Crippen LogP contribution in [0.4, 0.5) is 11.4 Å². The molecule has 1 aliphatic heterocycles. The molecule has 0 spiro atoms. The highest BCUT2D eigenvalue weighted by atomic mass is 16.5. The van der Waals surface area contributed by atoms with Gasteiger partial charge in [0.25, 0.3) is 0 Å². The number of carbonyl (C=O) groups excluding carboxylic acids is 1. The first-order valence-corrected chi connectivity index (χ1v) is 10.0. The Bertz CT molecular complexity index is 826. The summed E-state index contributed by atoms with van der Waals surface area (Å²) in [6.07, 6.45) is 2.74. The van der Waals surface area contributed by atoms with Crippen molar-refractivity contribution in [3.63, 3.8) is 0 Å². The first kappa shape index (κ1) is 20.1. The second-order valence-electron chi connectivity index (χ2n) is 7.00. The van der Waals surface area contributed by atoms with Crippen LogP contribution in [0.3, 0.4) is 0 Å². The average Bonchev–Trinajstić information content (AvgIpc) is 3.04. The Hall–Kier alpha value is -2.66. The predicted octanol–water partition coefficient (Wildman–Crippen LogP) is 4.54. The van der Waals surface area contributed by atoms with E-state index in [1.54, 1.807) is 6.21 Å². The van der Waals surface area contributed by atoms with Gasteiger partial charge in [-0.3, -0.25) is 9.79 Å². The third-order valence-electron chi connectivity index (χ3n) is 5.17. The van der Waals surface area contributed by atoms with Gasteiger partial charge in [0.2, 0.25) is 5.91 Å². The molecule has 0 aliphatic carbocycles. The predicted molar refractivity (Wildman–Crippen MR) is 115 cm³/mol.